The predicted molar refractivity (Wildman–Crippen MR) is 68.5 cm³/mol. The van der Waals surface area contributed by atoms with E-state index in [2.05, 4.69) is 23.8 Å². The zero-order chi connectivity index (χ0) is 11.6. The molecule has 0 bridgehead atoms. The monoisotopic (exact) mass is 220 g/mol. The summed E-state index contributed by atoms with van der Waals surface area (Å²) in [5.74, 6) is 0.951. The molecule has 0 amide bonds. The van der Waals surface area contributed by atoms with E-state index in [-0.39, 0.29) is 0 Å². The molecular formula is C14H24N2. The van der Waals surface area contributed by atoms with Crippen molar-refractivity contribution in [2.45, 2.75) is 65.2 Å². The van der Waals surface area contributed by atoms with Crippen LogP contribution in [0.4, 0.5) is 0 Å². The zero-order valence-corrected chi connectivity index (χ0v) is 10.7. The molecule has 1 aromatic rings. The Morgan fingerprint density at radius 2 is 1.50 bits per heavy atom. The molecule has 0 aliphatic rings. The van der Waals surface area contributed by atoms with Crippen molar-refractivity contribution in [3.8, 4) is 0 Å². The maximum absolute atomic E-state index is 4.31. The Hall–Kier alpha value is -0.920. The summed E-state index contributed by atoms with van der Waals surface area (Å²) in [7, 11) is 0. The van der Waals surface area contributed by atoms with Crippen molar-refractivity contribution in [2.24, 2.45) is 0 Å². The molecule has 0 aromatic carbocycles. The van der Waals surface area contributed by atoms with Crippen molar-refractivity contribution in [1.82, 2.24) is 9.97 Å². The Balaban J connectivity index is 2.12. The van der Waals surface area contributed by atoms with Gasteiger partial charge in [0, 0.05) is 18.8 Å². The molecule has 0 fully saturated rings. The van der Waals surface area contributed by atoms with Crippen LogP contribution in [0.1, 0.15) is 63.8 Å². The molecule has 0 aliphatic heterocycles. The summed E-state index contributed by atoms with van der Waals surface area (Å²) >= 11 is 0. The van der Waals surface area contributed by atoms with Crippen LogP contribution in [0.2, 0.25) is 0 Å². The van der Waals surface area contributed by atoms with Gasteiger partial charge in [-0.15, -0.1) is 0 Å². The van der Waals surface area contributed by atoms with Gasteiger partial charge in [0.2, 0.25) is 0 Å². The minimum Gasteiger partial charge on any atom is -0.241 e. The van der Waals surface area contributed by atoms with Crippen molar-refractivity contribution >= 4 is 0 Å². The normalized spacial score (nSPS) is 10.6. The molecule has 0 atom stereocenters. The molecule has 0 radical (unpaired) electrons. The number of aromatic nitrogens is 2. The third kappa shape index (κ3) is 5.24. The SMILES string of the molecule is CCCCCCCCc1cnc(CC)nc1. The van der Waals surface area contributed by atoms with E-state index in [1.165, 1.54) is 44.1 Å². The van der Waals surface area contributed by atoms with Crippen molar-refractivity contribution in [3.63, 3.8) is 0 Å². The summed E-state index contributed by atoms with van der Waals surface area (Å²) in [6, 6.07) is 0. The van der Waals surface area contributed by atoms with Crippen LogP contribution < -0.4 is 0 Å². The highest BCUT2D eigenvalue weighted by Gasteiger charge is 1.96. The second kappa shape index (κ2) is 8.26. The largest absolute Gasteiger partial charge is 0.241 e. The minimum atomic E-state index is 0.928. The summed E-state index contributed by atoms with van der Waals surface area (Å²) in [6.45, 7) is 4.34. The Morgan fingerprint density at radius 3 is 2.12 bits per heavy atom. The lowest BCUT2D eigenvalue weighted by molar-refractivity contribution is 0.606. The van der Waals surface area contributed by atoms with Crippen LogP contribution in [0.15, 0.2) is 12.4 Å². The van der Waals surface area contributed by atoms with Gasteiger partial charge in [0.25, 0.3) is 0 Å². The fourth-order valence-electron chi connectivity index (χ4n) is 1.80. The zero-order valence-electron chi connectivity index (χ0n) is 10.7. The van der Waals surface area contributed by atoms with Crippen LogP contribution in [-0.4, -0.2) is 9.97 Å². The van der Waals surface area contributed by atoms with Crippen LogP contribution in [0.3, 0.4) is 0 Å². The number of unbranched alkanes of at least 4 members (excludes halogenated alkanes) is 5. The van der Waals surface area contributed by atoms with E-state index in [4.69, 9.17) is 0 Å². The third-order valence-electron chi connectivity index (χ3n) is 2.89. The van der Waals surface area contributed by atoms with Crippen molar-refractivity contribution in [2.75, 3.05) is 0 Å². The van der Waals surface area contributed by atoms with Crippen LogP contribution in [-0.2, 0) is 12.8 Å². The predicted octanol–water partition coefficient (Wildman–Crippen LogP) is 3.94. The molecule has 1 rings (SSSR count). The maximum Gasteiger partial charge on any atom is 0.127 e. The first-order valence-electron chi connectivity index (χ1n) is 6.66. The molecule has 0 saturated carbocycles. The average molecular weight is 220 g/mol. The smallest absolute Gasteiger partial charge is 0.127 e. The van der Waals surface area contributed by atoms with E-state index < -0.39 is 0 Å². The molecule has 0 N–H and O–H groups in total. The van der Waals surface area contributed by atoms with Crippen LogP contribution >= 0.6 is 0 Å². The highest BCUT2D eigenvalue weighted by molar-refractivity contribution is 5.05. The van der Waals surface area contributed by atoms with Gasteiger partial charge in [-0.25, -0.2) is 9.97 Å². The summed E-state index contributed by atoms with van der Waals surface area (Å²) in [6.07, 6.45) is 14.1. The average Bonchev–Trinajstić information content (AvgIpc) is 2.34. The van der Waals surface area contributed by atoms with Gasteiger partial charge in [-0.1, -0.05) is 46.0 Å². The number of hydrogen-bond acceptors (Lipinski definition) is 2. The fraction of sp³-hybridized carbons (Fsp3) is 0.714. The molecule has 2 heteroatoms. The lowest BCUT2D eigenvalue weighted by atomic mass is 10.1. The lowest BCUT2D eigenvalue weighted by Gasteiger charge is -2.02. The van der Waals surface area contributed by atoms with Gasteiger partial charge in [0.1, 0.15) is 5.82 Å². The Labute approximate surface area is 99.5 Å². The molecule has 0 aliphatic carbocycles. The number of nitrogens with zero attached hydrogens (tertiary/aromatic N) is 2. The molecule has 0 unspecified atom stereocenters. The quantitative estimate of drug-likeness (QED) is 0.620. The van der Waals surface area contributed by atoms with Crippen LogP contribution in [0.5, 0.6) is 0 Å². The van der Waals surface area contributed by atoms with Gasteiger partial charge in [-0.2, -0.15) is 0 Å². The van der Waals surface area contributed by atoms with Gasteiger partial charge in [0.05, 0.1) is 0 Å². The van der Waals surface area contributed by atoms with Gasteiger partial charge >= 0.3 is 0 Å². The second-order valence-corrected chi connectivity index (χ2v) is 4.38. The van der Waals surface area contributed by atoms with E-state index in [9.17, 15) is 0 Å². The highest BCUT2D eigenvalue weighted by Crippen LogP contribution is 2.08. The molecule has 2 nitrogen and oxygen atoms in total. The van der Waals surface area contributed by atoms with Crippen LogP contribution in [0, 0.1) is 0 Å². The first-order chi connectivity index (χ1) is 7.86. The van der Waals surface area contributed by atoms with Crippen LogP contribution in [0.25, 0.3) is 0 Å². The first kappa shape index (κ1) is 13.1. The maximum atomic E-state index is 4.31. The number of rotatable bonds is 8. The Bertz CT molecular complexity index is 267. The molecule has 16 heavy (non-hydrogen) atoms. The Morgan fingerprint density at radius 1 is 0.875 bits per heavy atom. The number of hydrogen-bond donors (Lipinski definition) is 0. The van der Waals surface area contributed by atoms with Crippen molar-refractivity contribution < 1.29 is 0 Å². The fourth-order valence-corrected chi connectivity index (χ4v) is 1.80. The van der Waals surface area contributed by atoms with Gasteiger partial charge < -0.3 is 0 Å². The van der Waals surface area contributed by atoms with Crippen molar-refractivity contribution in [3.05, 3.63) is 23.8 Å². The highest BCUT2D eigenvalue weighted by atomic mass is 14.9. The third-order valence-corrected chi connectivity index (χ3v) is 2.89. The second-order valence-electron chi connectivity index (χ2n) is 4.38. The van der Waals surface area contributed by atoms with Gasteiger partial charge in [-0.3, -0.25) is 0 Å². The van der Waals surface area contributed by atoms with E-state index >= 15 is 0 Å². The lowest BCUT2D eigenvalue weighted by Crippen LogP contribution is -1.95. The van der Waals surface area contributed by atoms with Gasteiger partial charge in [0.15, 0.2) is 0 Å². The molecular weight excluding hydrogens is 196 g/mol. The van der Waals surface area contributed by atoms with E-state index in [1.807, 2.05) is 12.4 Å². The van der Waals surface area contributed by atoms with E-state index in [0.717, 1.165) is 18.7 Å². The van der Waals surface area contributed by atoms with Crippen molar-refractivity contribution in [1.29, 1.82) is 0 Å². The minimum absolute atomic E-state index is 0.928. The topological polar surface area (TPSA) is 25.8 Å². The molecule has 90 valence electrons. The molecule has 1 heterocycles. The summed E-state index contributed by atoms with van der Waals surface area (Å²) in [4.78, 5) is 8.63. The molecule has 1 aromatic heterocycles. The van der Waals surface area contributed by atoms with E-state index in [1.54, 1.807) is 0 Å². The summed E-state index contributed by atoms with van der Waals surface area (Å²) < 4.78 is 0. The Kier molecular flexibility index (Phi) is 6.78. The van der Waals surface area contributed by atoms with Gasteiger partial charge in [-0.05, 0) is 18.4 Å². The molecule has 0 spiro atoms. The molecule has 0 saturated heterocycles. The van der Waals surface area contributed by atoms with E-state index in [0.29, 0.717) is 0 Å². The summed E-state index contributed by atoms with van der Waals surface area (Å²) in [5, 5.41) is 0. The summed E-state index contributed by atoms with van der Waals surface area (Å²) in [5.41, 5.74) is 1.28. The number of aryl methyl sites for hydroxylation is 2. The standard InChI is InChI=1S/C14H24N2/c1-3-5-6-7-8-9-10-13-11-15-14(4-2)16-12-13/h11-12H,3-10H2,1-2H3. The first-order valence-corrected chi connectivity index (χ1v) is 6.66.